The Morgan fingerprint density at radius 1 is 1.12 bits per heavy atom. The molecule has 0 aliphatic heterocycles. The summed E-state index contributed by atoms with van der Waals surface area (Å²) in [5, 5.41) is 10.2. The highest BCUT2D eigenvalue weighted by molar-refractivity contribution is 5.30. The molecular formula is C15H17NO. The molecule has 1 aromatic carbocycles. The molecule has 0 aliphatic carbocycles. The minimum atomic E-state index is -0.483. The van der Waals surface area contributed by atoms with Crippen LogP contribution in [0.5, 0.6) is 0 Å². The van der Waals surface area contributed by atoms with Crippen LogP contribution < -0.4 is 0 Å². The molecule has 0 aliphatic rings. The second-order valence-electron chi connectivity index (χ2n) is 4.46. The van der Waals surface area contributed by atoms with Crippen LogP contribution in [-0.4, -0.2) is 10.1 Å². The summed E-state index contributed by atoms with van der Waals surface area (Å²) in [6.07, 6.45) is 1.83. The summed E-state index contributed by atoms with van der Waals surface area (Å²) < 4.78 is 0. The van der Waals surface area contributed by atoms with Gasteiger partial charge in [0.05, 0.1) is 6.10 Å². The van der Waals surface area contributed by atoms with Crippen molar-refractivity contribution in [3.05, 3.63) is 65.0 Å². The fourth-order valence-electron chi connectivity index (χ4n) is 2.04. The molecule has 1 heterocycles. The molecule has 2 rings (SSSR count). The molecule has 0 bridgehead atoms. The van der Waals surface area contributed by atoms with Crippen LogP contribution in [0.2, 0.25) is 0 Å². The smallest absolute Gasteiger partial charge is 0.0845 e. The Balaban J connectivity index is 2.17. The number of pyridine rings is 1. The summed E-state index contributed by atoms with van der Waals surface area (Å²) >= 11 is 0. The number of aromatic nitrogens is 1. The minimum absolute atomic E-state index is 0.483. The van der Waals surface area contributed by atoms with Crippen LogP contribution in [0.15, 0.2) is 42.6 Å². The molecule has 17 heavy (non-hydrogen) atoms. The molecule has 2 nitrogen and oxygen atoms in total. The molecule has 0 radical (unpaired) electrons. The first kappa shape index (κ1) is 11.8. The molecular weight excluding hydrogens is 210 g/mol. The van der Waals surface area contributed by atoms with E-state index in [0.717, 1.165) is 11.3 Å². The zero-order valence-corrected chi connectivity index (χ0v) is 10.2. The summed E-state index contributed by atoms with van der Waals surface area (Å²) in [5.41, 5.74) is 4.24. The number of rotatable bonds is 3. The van der Waals surface area contributed by atoms with Crippen LogP contribution >= 0.6 is 0 Å². The van der Waals surface area contributed by atoms with Gasteiger partial charge >= 0.3 is 0 Å². The summed E-state index contributed by atoms with van der Waals surface area (Å²) in [5.74, 6) is 0. The molecule has 0 saturated heterocycles. The van der Waals surface area contributed by atoms with Crippen LogP contribution in [0.4, 0.5) is 0 Å². The Kier molecular flexibility index (Phi) is 3.55. The minimum Gasteiger partial charge on any atom is -0.388 e. The van der Waals surface area contributed by atoms with E-state index in [1.807, 2.05) is 44.2 Å². The van der Waals surface area contributed by atoms with E-state index in [1.54, 1.807) is 6.20 Å². The zero-order chi connectivity index (χ0) is 12.3. The van der Waals surface area contributed by atoms with E-state index in [4.69, 9.17) is 0 Å². The number of nitrogens with zero attached hydrogens (tertiary/aromatic N) is 1. The molecule has 88 valence electrons. The van der Waals surface area contributed by atoms with Gasteiger partial charge in [0.25, 0.3) is 0 Å². The second kappa shape index (κ2) is 5.11. The van der Waals surface area contributed by atoms with Gasteiger partial charge in [0.2, 0.25) is 0 Å². The molecule has 1 atom stereocenters. The second-order valence-corrected chi connectivity index (χ2v) is 4.46. The molecule has 0 amide bonds. The lowest BCUT2D eigenvalue weighted by Gasteiger charge is -2.12. The Bertz CT molecular complexity index is 473. The zero-order valence-electron chi connectivity index (χ0n) is 10.2. The molecule has 0 fully saturated rings. The normalized spacial score (nSPS) is 12.4. The summed E-state index contributed by atoms with van der Waals surface area (Å²) in [6.45, 7) is 4.09. The Morgan fingerprint density at radius 3 is 2.41 bits per heavy atom. The van der Waals surface area contributed by atoms with Crippen LogP contribution in [0.1, 0.15) is 28.5 Å². The standard InChI is InChI=1S/C15H17NO/c1-11-7-12(2)9-13(8-11)15(17)10-14-5-3-4-6-16-14/h3-9,15,17H,10H2,1-2H3. The van der Waals surface area contributed by atoms with Gasteiger partial charge in [-0.05, 0) is 31.5 Å². The number of hydrogen-bond acceptors (Lipinski definition) is 2. The predicted octanol–water partition coefficient (Wildman–Crippen LogP) is 2.97. The Hall–Kier alpha value is -1.67. The average Bonchev–Trinajstić information content (AvgIpc) is 2.29. The Labute approximate surface area is 102 Å². The fraction of sp³-hybridized carbons (Fsp3) is 0.267. The highest BCUT2D eigenvalue weighted by Crippen LogP contribution is 2.19. The van der Waals surface area contributed by atoms with E-state index in [0.29, 0.717) is 6.42 Å². The van der Waals surface area contributed by atoms with Gasteiger partial charge in [0.1, 0.15) is 0 Å². The molecule has 1 N–H and O–H groups in total. The van der Waals surface area contributed by atoms with E-state index < -0.39 is 6.10 Å². The lowest BCUT2D eigenvalue weighted by Crippen LogP contribution is -2.03. The van der Waals surface area contributed by atoms with Gasteiger partial charge in [-0.2, -0.15) is 0 Å². The molecule has 1 aromatic heterocycles. The first-order valence-corrected chi connectivity index (χ1v) is 5.81. The predicted molar refractivity (Wildman–Crippen MR) is 68.8 cm³/mol. The number of benzene rings is 1. The van der Waals surface area contributed by atoms with Gasteiger partial charge < -0.3 is 5.11 Å². The van der Waals surface area contributed by atoms with Crippen molar-refractivity contribution < 1.29 is 5.11 Å². The van der Waals surface area contributed by atoms with Gasteiger partial charge in [-0.3, -0.25) is 4.98 Å². The van der Waals surface area contributed by atoms with Crippen molar-refractivity contribution in [2.75, 3.05) is 0 Å². The van der Waals surface area contributed by atoms with Gasteiger partial charge in [-0.15, -0.1) is 0 Å². The largest absolute Gasteiger partial charge is 0.388 e. The fourth-order valence-corrected chi connectivity index (χ4v) is 2.04. The average molecular weight is 227 g/mol. The molecule has 0 spiro atoms. The van der Waals surface area contributed by atoms with Crippen molar-refractivity contribution >= 4 is 0 Å². The van der Waals surface area contributed by atoms with E-state index in [9.17, 15) is 5.11 Å². The number of aliphatic hydroxyl groups is 1. The first-order chi connectivity index (χ1) is 8.15. The monoisotopic (exact) mass is 227 g/mol. The summed E-state index contributed by atoms with van der Waals surface area (Å²) in [7, 11) is 0. The van der Waals surface area contributed by atoms with Gasteiger partial charge in [-0.1, -0.05) is 35.4 Å². The maximum Gasteiger partial charge on any atom is 0.0845 e. The van der Waals surface area contributed by atoms with Crippen molar-refractivity contribution in [2.45, 2.75) is 26.4 Å². The number of aryl methyl sites for hydroxylation is 2. The van der Waals surface area contributed by atoms with Crippen molar-refractivity contribution in [3.63, 3.8) is 0 Å². The van der Waals surface area contributed by atoms with E-state index >= 15 is 0 Å². The maximum atomic E-state index is 10.2. The van der Waals surface area contributed by atoms with Gasteiger partial charge in [-0.25, -0.2) is 0 Å². The topological polar surface area (TPSA) is 33.1 Å². The lowest BCUT2D eigenvalue weighted by molar-refractivity contribution is 0.177. The van der Waals surface area contributed by atoms with Crippen LogP contribution in [0.3, 0.4) is 0 Å². The molecule has 2 heteroatoms. The third-order valence-corrected chi connectivity index (χ3v) is 2.76. The lowest BCUT2D eigenvalue weighted by atomic mass is 10.00. The van der Waals surface area contributed by atoms with E-state index in [2.05, 4.69) is 11.1 Å². The van der Waals surface area contributed by atoms with Gasteiger partial charge in [0, 0.05) is 18.3 Å². The SMILES string of the molecule is Cc1cc(C)cc(C(O)Cc2ccccn2)c1. The number of aliphatic hydroxyl groups excluding tert-OH is 1. The van der Waals surface area contributed by atoms with E-state index in [1.165, 1.54) is 11.1 Å². The van der Waals surface area contributed by atoms with Crippen molar-refractivity contribution in [1.82, 2.24) is 4.98 Å². The van der Waals surface area contributed by atoms with Crippen molar-refractivity contribution in [2.24, 2.45) is 0 Å². The third-order valence-electron chi connectivity index (χ3n) is 2.76. The highest BCUT2D eigenvalue weighted by atomic mass is 16.3. The molecule has 0 saturated carbocycles. The van der Waals surface area contributed by atoms with Crippen LogP contribution in [0.25, 0.3) is 0 Å². The quantitative estimate of drug-likeness (QED) is 0.874. The van der Waals surface area contributed by atoms with Crippen molar-refractivity contribution in [1.29, 1.82) is 0 Å². The highest BCUT2D eigenvalue weighted by Gasteiger charge is 2.09. The molecule has 2 aromatic rings. The molecule has 1 unspecified atom stereocenters. The van der Waals surface area contributed by atoms with Gasteiger partial charge in [0.15, 0.2) is 0 Å². The first-order valence-electron chi connectivity index (χ1n) is 5.81. The third kappa shape index (κ3) is 3.14. The Morgan fingerprint density at radius 2 is 1.82 bits per heavy atom. The summed E-state index contributed by atoms with van der Waals surface area (Å²) in [4.78, 5) is 4.23. The van der Waals surface area contributed by atoms with Crippen LogP contribution in [-0.2, 0) is 6.42 Å². The van der Waals surface area contributed by atoms with Crippen LogP contribution in [0, 0.1) is 13.8 Å². The summed E-state index contributed by atoms with van der Waals surface area (Å²) in [6, 6.07) is 11.9. The number of hydrogen-bond donors (Lipinski definition) is 1. The van der Waals surface area contributed by atoms with Crippen molar-refractivity contribution in [3.8, 4) is 0 Å². The van der Waals surface area contributed by atoms with E-state index in [-0.39, 0.29) is 0 Å². The maximum absolute atomic E-state index is 10.2.